The van der Waals surface area contributed by atoms with Gasteiger partial charge in [0.05, 0.1) is 5.57 Å². The predicted octanol–water partition coefficient (Wildman–Crippen LogP) is 5.92. The molecule has 4 rings (SSSR count). The van der Waals surface area contributed by atoms with E-state index in [1.165, 1.54) is 12.1 Å². The zero-order valence-electron chi connectivity index (χ0n) is 18.1. The summed E-state index contributed by atoms with van der Waals surface area (Å²) in [6, 6.07) is 18.7. The molecular formula is C27H25FN2O2S. The van der Waals surface area contributed by atoms with Crippen LogP contribution in [0.1, 0.15) is 17.5 Å². The molecule has 6 heteroatoms. The van der Waals surface area contributed by atoms with Crippen molar-refractivity contribution in [1.82, 2.24) is 9.88 Å². The van der Waals surface area contributed by atoms with Gasteiger partial charge in [-0.15, -0.1) is 11.8 Å². The van der Waals surface area contributed by atoms with Crippen LogP contribution in [0.2, 0.25) is 0 Å². The van der Waals surface area contributed by atoms with E-state index in [2.05, 4.69) is 28.1 Å². The number of carbonyl (C=O) groups is 1. The van der Waals surface area contributed by atoms with Crippen molar-refractivity contribution >= 4 is 17.7 Å². The Labute approximate surface area is 197 Å². The maximum absolute atomic E-state index is 13.1. The van der Waals surface area contributed by atoms with Gasteiger partial charge < -0.3 is 10.0 Å². The molecule has 0 fully saturated rings. The van der Waals surface area contributed by atoms with Gasteiger partial charge in [0.25, 0.3) is 0 Å². The molecule has 1 N–H and O–H groups in total. The molecule has 1 unspecified atom stereocenters. The second kappa shape index (κ2) is 11.0. The minimum Gasteiger partial charge on any atom is -0.478 e. The van der Waals surface area contributed by atoms with Gasteiger partial charge in [0.15, 0.2) is 0 Å². The molecule has 0 bridgehead atoms. The Hall–Kier alpha value is -3.38. The molecular weight excluding hydrogens is 435 g/mol. The Morgan fingerprint density at radius 3 is 2.64 bits per heavy atom. The van der Waals surface area contributed by atoms with Gasteiger partial charge >= 0.3 is 5.97 Å². The number of carboxylic acids is 1. The zero-order chi connectivity index (χ0) is 23.0. The van der Waals surface area contributed by atoms with Crippen LogP contribution in [-0.2, 0) is 17.8 Å². The molecule has 1 aliphatic rings. The first-order valence-electron chi connectivity index (χ1n) is 10.8. The smallest absolute Gasteiger partial charge is 0.334 e. The number of nitrogens with zero attached hydrogens (tertiary/aromatic N) is 2. The SMILES string of the molecule is O=C(O)C1=CC=CN(Cc2cccc(-c3cccnc3)c2)C1SCCCc1ccc(F)cc1. The summed E-state index contributed by atoms with van der Waals surface area (Å²) in [5.41, 5.74) is 4.70. The van der Waals surface area contributed by atoms with E-state index in [0.29, 0.717) is 12.1 Å². The number of benzene rings is 2. The summed E-state index contributed by atoms with van der Waals surface area (Å²) >= 11 is 1.63. The van der Waals surface area contributed by atoms with Crippen molar-refractivity contribution in [2.45, 2.75) is 24.8 Å². The monoisotopic (exact) mass is 460 g/mol. The van der Waals surface area contributed by atoms with Gasteiger partial charge in [0.2, 0.25) is 0 Å². The van der Waals surface area contributed by atoms with Crippen LogP contribution < -0.4 is 0 Å². The Morgan fingerprint density at radius 1 is 1.06 bits per heavy atom. The lowest BCUT2D eigenvalue weighted by Crippen LogP contribution is -2.34. The second-order valence-electron chi connectivity index (χ2n) is 7.84. The maximum atomic E-state index is 13.1. The van der Waals surface area contributed by atoms with E-state index < -0.39 is 5.97 Å². The van der Waals surface area contributed by atoms with Gasteiger partial charge in [-0.25, -0.2) is 9.18 Å². The van der Waals surface area contributed by atoms with Gasteiger partial charge in [-0.1, -0.05) is 36.4 Å². The number of halogens is 1. The fourth-order valence-electron chi connectivity index (χ4n) is 3.81. The molecule has 0 radical (unpaired) electrons. The molecule has 1 aromatic heterocycles. The topological polar surface area (TPSA) is 53.4 Å². The van der Waals surface area contributed by atoms with Crippen molar-refractivity contribution in [3.05, 3.63) is 114 Å². The van der Waals surface area contributed by atoms with Crippen LogP contribution in [0.3, 0.4) is 0 Å². The number of carboxylic acid groups (broad SMARTS) is 1. The lowest BCUT2D eigenvalue weighted by molar-refractivity contribution is -0.133. The van der Waals surface area contributed by atoms with Crippen molar-refractivity contribution < 1.29 is 14.3 Å². The molecule has 1 aliphatic heterocycles. The minimum absolute atomic E-state index is 0.235. The summed E-state index contributed by atoms with van der Waals surface area (Å²) in [6.07, 6.45) is 10.7. The van der Waals surface area contributed by atoms with E-state index in [-0.39, 0.29) is 11.2 Å². The molecule has 168 valence electrons. The van der Waals surface area contributed by atoms with Crippen LogP contribution in [0, 0.1) is 5.82 Å². The van der Waals surface area contributed by atoms with Crippen molar-refractivity contribution in [3.63, 3.8) is 0 Å². The molecule has 0 saturated carbocycles. The fraction of sp³-hybridized carbons (Fsp3) is 0.185. The normalized spacial score (nSPS) is 15.4. The average molecular weight is 461 g/mol. The third-order valence-corrected chi connectivity index (χ3v) is 6.82. The van der Waals surface area contributed by atoms with Crippen LogP contribution in [0.25, 0.3) is 11.1 Å². The highest BCUT2D eigenvalue weighted by molar-refractivity contribution is 8.00. The summed E-state index contributed by atoms with van der Waals surface area (Å²) in [5.74, 6) is -0.335. The summed E-state index contributed by atoms with van der Waals surface area (Å²) < 4.78 is 13.1. The van der Waals surface area contributed by atoms with Gasteiger partial charge in [-0.2, -0.15) is 0 Å². The number of hydrogen-bond acceptors (Lipinski definition) is 4. The third kappa shape index (κ3) is 6.11. The van der Waals surface area contributed by atoms with Gasteiger partial charge in [-0.05, 0) is 77.3 Å². The average Bonchev–Trinajstić information content (AvgIpc) is 2.84. The first kappa shape index (κ1) is 22.8. The molecule has 2 heterocycles. The van der Waals surface area contributed by atoms with Crippen molar-refractivity contribution in [1.29, 1.82) is 0 Å². The van der Waals surface area contributed by atoms with Crippen LogP contribution in [0.15, 0.2) is 97.0 Å². The highest BCUT2D eigenvalue weighted by atomic mass is 32.2. The first-order chi connectivity index (χ1) is 16.1. The maximum Gasteiger partial charge on any atom is 0.334 e. The predicted molar refractivity (Wildman–Crippen MR) is 131 cm³/mol. The van der Waals surface area contributed by atoms with Crippen LogP contribution in [0.4, 0.5) is 4.39 Å². The number of thioether (sulfide) groups is 1. The quantitative estimate of drug-likeness (QED) is 0.402. The van der Waals surface area contributed by atoms with Gasteiger partial charge in [0, 0.05) is 25.1 Å². The van der Waals surface area contributed by atoms with Gasteiger partial charge in [-0.3, -0.25) is 4.98 Å². The Kier molecular flexibility index (Phi) is 7.58. The van der Waals surface area contributed by atoms with E-state index in [4.69, 9.17) is 0 Å². The largest absolute Gasteiger partial charge is 0.478 e. The van der Waals surface area contributed by atoms with Crippen LogP contribution in [0.5, 0.6) is 0 Å². The molecule has 2 aromatic carbocycles. The highest BCUT2D eigenvalue weighted by Gasteiger charge is 2.27. The van der Waals surface area contributed by atoms with E-state index in [9.17, 15) is 14.3 Å². The number of aryl methyl sites for hydroxylation is 1. The number of pyridine rings is 1. The molecule has 1 atom stereocenters. The fourth-order valence-corrected chi connectivity index (χ4v) is 5.04. The molecule has 33 heavy (non-hydrogen) atoms. The number of aromatic nitrogens is 1. The highest BCUT2D eigenvalue weighted by Crippen LogP contribution is 2.30. The molecule has 3 aromatic rings. The van der Waals surface area contributed by atoms with E-state index in [1.54, 1.807) is 42.2 Å². The van der Waals surface area contributed by atoms with E-state index in [1.807, 2.05) is 30.6 Å². The number of hydrogen-bond donors (Lipinski definition) is 1. The van der Waals surface area contributed by atoms with Crippen LogP contribution >= 0.6 is 11.8 Å². The molecule has 0 saturated heterocycles. The van der Waals surface area contributed by atoms with Crippen molar-refractivity contribution in [2.75, 3.05) is 5.75 Å². The Balaban J connectivity index is 1.43. The summed E-state index contributed by atoms with van der Waals surface area (Å²) in [7, 11) is 0. The van der Waals surface area contributed by atoms with Crippen molar-refractivity contribution in [3.8, 4) is 11.1 Å². The van der Waals surface area contributed by atoms with E-state index in [0.717, 1.165) is 40.8 Å². The first-order valence-corrected chi connectivity index (χ1v) is 11.9. The summed E-state index contributed by atoms with van der Waals surface area (Å²) in [5, 5.41) is 9.49. The van der Waals surface area contributed by atoms with Gasteiger partial charge in [0.1, 0.15) is 11.2 Å². The Morgan fingerprint density at radius 2 is 1.88 bits per heavy atom. The molecule has 0 amide bonds. The number of allylic oxidation sites excluding steroid dienone is 2. The number of aliphatic carboxylic acids is 1. The Bertz CT molecular complexity index is 1150. The zero-order valence-corrected chi connectivity index (χ0v) is 18.9. The molecule has 0 aliphatic carbocycles. The molecule has 4 nitrogen and oxygen atoms in total. The number of rotatable bonds is 9. The van der Waals surface area contributed by atoms with E-state index >= 15 is 0 Å². The minimum atomic E-state index is -0.899. The third-order valence-electron chi connectivity index (χ3n) is 5.45. The van der Waals surface area contributed by atoms with Crippen LogP contribution in [-0.4, -0.2) is 32.1 Å². The lowest BCUT2D eigenvalue weighted by atomic mass is 10.0. The standard InChI is InChI=1S/C27H25FN2O2S/c28-24-12-10-20(11-13-24)6-4-16-33-26-25(27(31)32)9-3-15-30(26)19-21-5-1-7-22(17-21)23-8-2-14-29-18-23/h1-3,5,7-15,17-18,26H,4,6,16,19H2,(H,31,32). The second-order valence-corrected chi connectivity index (χ2v) is 9.02. The summed E-state index contributed by atoms with van der Waals surface area (Å²) in [6.45, 7) is 0.602. The lowest BCUT2D eigenvalue weighted by Gasteiger charge is -2.33. The molecule has 0 spiro atoms. The van der Waals surface area contributed by atoms with Crippen molar-refractivity contribution in [2.24, 2.45) is 0 Å². The summed E-state index contributed by atoms with van der Waals surface area (Å²) in [4.78, 5) is 18.2.